The van der Waals surface area contributed by atoms with Gasteiger partial charge in [0, 0.05) is 19.6 Å². The first-order valence-electron chi connectivity index (χ1n) is 7.78. The van der Waals surface area contributed by atoms with E-state index >= 15 is 0 Å². The van der Waals surface area contributed by atoms with Crippen LogP contribution in [0.25, 0.3) is 0 Å². The molecule has 1 heterocycles. The number of carbonyl (C=O) groups is 1. The van der Waals surface area contributed by atoms with E-state index in [2.05, 4.69) is 10.9 Å². The molecule has 1 aliphatic rings. The monoisotopic (exact) mass is 359 g/mol. The minimum absolute atomic E-state index is 0.0321. The Morgan fingerprint density at radius 3 is 2.79 bits per heavy atom. The number of esters is 1. The lowest BCUT2D eigenvalue weighted by molar-refractivity contribution is -0.147. The molecular formula is C15H22FN3O4S. The highest BCUT2D eigenvalue weighted by Crippen LogP contribution is 2.21. The topological polar surface area (TPSA) is 87.7 Å². The second-order valence-electron chi connectivity index (χ2n) is 5.41. The number of benzene rings is 1. The molecule has 1 aromatic rings. The van der Waals surface area contributed by atoms with Gasteiger partial charge in [0.2, 0.25) is 10.0 Å². The number of nitrogens with one attached hydrogen (secondary N) is 2. The van der Waals surface area contributed by atoms with Gasteiger partial charge in [-0.15, -0.1) is 0 Å². The minimum Gasteiger partial charge on any atom is -0.466 e. The van der Waals surface area contributed by atoms with Crippen LogP contribution in [0.4, 0.5) is 4.39 Å². The van der Waals surface area contributed by atoms with Crippen molar-refractivity contribution >= 4 is 16.0 Å². The summed E-state index contributed by atoms with van der Waals surface area (Å²) in [6.07, 6.45) is 0. The Morgan fingerprint density at radius 2 is 2.17 bits per heavy atom. The smallest absolute Gasteiger partial charge is 0.313 e. The number of ether oxygens (including phenoxy) is 1. The van der Waals surface area contributed by atoms with Gasteiger partial charge >= 0.3 is 5.97 Å². The number of sulfonamides is 1. The van der Waals surface area contributed by atoms with Gasteiger partial charge in [-0.25, -0.2) is 18.2 Å². The minimum atomic E-state index is -3.84. The molecule has 0 bridgehead atoms. The van der Waals surface area contributed by atoms with E-state index in [-0.39, 0.29) is 26.2 Å². The van der Waals surface area contributed by atoms with Gasteiger partial charge in [-0.1, -0.05) is 19.1 Å². The van der Waals surface area contributed by atoms with Crippen molar-refractivity contribution in [3.63, 3.8) is 0 Å². The number of halogens is 1. The molecule has 0 radical (unpaired) electrons. The van der Waals surface area contributed by atoms with E-state index < -0.39 is 33.1 Å². The summed E-state index contributed by atoms with van der Waals surface area (Å²) in [5, 5.41) is -1.12. The third-order valence-electron chi connectivity index (χ3n) is 3.80. The predicted octanol–water partition coefficient (Wildman–Crippen LogP) is 0.591. The fourth-order valence-corrected chi connectivity index (χ4v) is 4.46. The van der Waals surface area contributed by atoms with Crippen molar-refractivity contribution in [2.75, 3.05) is 19.7 Å². The van der Waals surface area contributed by atoms with Crippen LogP contribution in [0.15, 0.2) is 24.3 Å². The van der Waals surface area contributed by atoms with Crippen molar-refractivity contribution in [1.82, 2.24) is 15.2 Å². The van der Waals surface area contributed by atoms with Gasteiger partial charge in [0.15, 0.2) is 5.37 Å². The largest absolute Gasteiger partial charge is 0.466 e. The molecule has 0 saturated carbocycles. The van der Waals surface area contributed by atoms with Gasteiger partial charge in [-0.05, 0) is 24.6 Å². The average Bonchev–Trinajstić information content (AvgIpc) is 3.03. The van der Waals surface area contributed by atoms with Gasteiger partial charge in [0.1, 0.15) is 11.7 Å². The maximum Gasteiger partial charge on any atom is 0.313 e. The Balaban J connectivity index is 2.21. The van der Waals surface area contributed by atoms with Gasteiger partial charge in [0.25, 0.3) is 0 Å². The molecule has 7 nitrogen and oxygen atoms in total. The quantitative estimate of drug-likeness (QED) is 0.693. The first-order valence-corrected chi connectivity index (χ1v) is 9.28. The van der Waals surface area contributed by atoms with E-state index in [1.54, 1.807) is 19.9 Å². The second kappa shape index (κ2) is 8.02. The van der Waals surface area contributed by atoms with Crippen molar-refractivity contribution in [1.29, 1.82) is 0 Å². The van der Waals surface area contributed by atoms with Crippen molar-refractivity contribution in [2.24, 2.45) is 5.92 Å². The molecule has 2 rings (SSSR count). The van der Waals surface area contributed by atoms with Crippen molar-refractivity contribution in [3.05, 3.63) is 35.6 Å². The van der Waals surface area contributed by atoms with Gasteiger partial charge < -0.3 is 4.74 Å². The van der Waals surface area contributed by atoms with E-state index in [0.717, 1.165) is 0 Å². The number of hydrogen-bond acceptors (Lipinski definition) is 6. The third-order valence-corrected chi connectivity index (χ3v) is 6.00. The fraction of sp³-hybridized carbons (Fsp3) is 0.533. The molecule has 1 aliphatic heterocycles. The standard InChI is InChI=1S/C15H22FN3O4S/c1-3-19(10-11-6-5-7-12(16)8-11)24(21,22)14-13(9-17-18-14)15(20)23-4-2/h5-8,13-14,17-18H,3-4,9-10H2,1-2H3. The van der Waals surface area contributed by atoms with Crippen LogP contribution in [0.3, 0.4) is 0 Å². The number of hydrazine groups is 1. The van der Waals surface area contributed by atoms with Gasteiger partial charge in [-0.2, -0.15) is 4.31 Å². The first kappa shape index (κ1) is 18.8. The van der Waals surface area contributed by atoms with E-state index in [1.807, 2.05) is 0 Å². The van der Waals surface area contributed by atoms with Crippen LogP contribution in [0, 0.1) is 11.7 Å². The van der Waals surface area contributed by atoms with Gasteiger partial charge in [-0.3, -0.25) is 10.2 Å². The second-order valence-corrected chi connectivity index (χ2v) is 7.46. The third kappa shape index (κ3) is 4.10. The molecule has 24 heavy (non-hydrogen) atoms. The number of carbonyl (C=O) groups excluding carboxylic acids is 1. The van der Waals surface area contributed by atoms with Gasteiger partial charge in [0.05, 0.1) is 6.61 Å². The molecule has 0 spiro atoms. The van der Waals surface area contributed by atoms with Crippen LogP contribution >= 0.6 is 0 Å². The highest BCUT2D eigenvalue weighted by molar-refractivity contribution is 7.89. The molecule has 1 saturated heterocycles. The molecule has 0 amide bonds. The Bertz CT molecular complexity index is 683. The number of rotatable bonds is 7. The van der Waals surface area contributed by atoms with Crippen molar-refractivity contribution in [2.45, 2.75) is 25.8 Å². The summed E-state index contributed by atoms with van der Waals surface area (Å²) in [7, 11) is -3.84. The maximum absolute atomic E-state index is 13.3. The summed E-state index contributed by atoms with van der Waals surface area (Å²) in [5.41, 5.74) is 5.89. The van der Waals surface area contributed by atoms with Crippen LogP contribution < -0.4 is 10.9 Å². The predicted molar refractivity (Wildman–Crippen MR) is 86.5 cm³/mol. The summed E-state index contributed by atoms with van der Waals surface area (Å²) >= 11 is 0. The Kier molecular flexibility index (Phi) is 6.27. The molecule has 0 aliphatic carbocycles. The SMILES string of the molecule is CCOC(=O)C1CNNC1S(=O)(=O)N(CC)Cc1cccc(F)c1. The summed E-state index contributed by atoms with van der Waals surface area (Å²) in [6, 6.07) is 5.78. The van der Waals surface area contributed by atoms with E-state index in [9.17, 15) is 17.6 Å². The van der Waals surface area contributed by atoms with Crippen molar-refractivity contribution < 1.29 is 22.3 Å². The van der Waals surface area contributed by atoms with Crippen LogP contribution in [0.2, 0.25) is 0 Å². The molecule has 134 valence electrons. The lowest BCUT2D eigenvalue weighted by atomic mass is 10.2. The molecule has 0 aromatic heterocycles. The Hall–Kier alpha value is -1.55. The van der Waals surface area contributed by atoms with Crippen LogP contribution in [-0.2, 0) is 26.1 Å². The average molecular weight is 359 g/mol. The molecule has 2 unspecified atom stereocenters. The normalized spacial score (nSPS) is 21.2. The van der Waals surface area contributed by atoms with E-state index in [0.29, 0.717) is 5.56 Å². The summed E-state index contributed by atoms with van der Waals surface area (Å²) in [5.74, 6) is -1.83. The first-order chi connectivity index (χ1) is 11.4. The number of hydrogen-bond donors (Lipinski definition) is 2. The zero-order valence-electron chi connectivity index (χ0n) is 13.7. The summed E-state index contributed by atoms with van der Waals surface area (Å²) in [6.45, 7) is 3.94. The maximum atomic E-state index is 13.3. The van der Waals surface area contributed by atoms with Crippen LogP contribution in [0.1, 0.15) is 19.4 Å². The summed E-state index contributed by atoms with van der Waals surface area (Å²) in [4.78, 5) is 12.0. The molecule has 1 fully saturated rings. The Morgan fingerprint density at radius 1 is 1.42 bits per heavy atom. The molecular weight excluding hydrogens is 337 g/mol. The lowest BCUT2D eigenvalue weighted by Gasteiger charge is -2.26. The molecule has 2 atom stereocenters. The zero-order valence-corrected chi connectivity index (χ0v) is 14.5. The highest BCUT2D eigenvalue weighted by Gasteiger charge is 2.44. The highest BCUT2D eigenvalue weighted by atomic mass is 32.2. The molecule has 1 aromatic carbocycles. The number of nitrogens with zero attached hydrogens (tertiary/aromatic N) is 1. The zero-order chi connectivity index (χ0) is 17.7. The lowest BCUT2D eigenvalue weighted by Crippen LogP contribution is -2.48. The fourth-order valence-electron chi connectivity index (χ4n) is 2.60. The van der Waals surface area contributed by atoms with Crippen LogP contribution in [-0.4, -0.2) is 43.8 Å². The van der Waals surface area contributed by atoms with E-state index in [1.165, 1.54) is 22.5 Å². The Labute approximate surface area is 141 Å². The van der Waals surface area contributed by atoms with Crippen LogP contribution in [0.5, 0.6) is 0 Å². The molecule has 2 N–H and O–H groups in total. The van der Waals surface area contributed by atoms with Crippen molar-refractivity contribution in [3.8, 4) is 0 Å². The molecule has 9 heteroatoms. The summed E-state index contributed by atoms with van der Waals surface area (Å²) < 4.78 is 45.3. The van der Waals surface area contributed by atoms with E-state index in [4.69, 9.17) is 4.74 Å².